The van der Waals surface area contributed by atoms with Crippen molar-refractivity contribution in [2.24, 2.45) is 5.41 Å². The fourth-order valence-electron chi connectivity index (χ4n) is 1.93. The van der Waals surface area contributed by atoms with Crippen LogP contribution in [0.25, 0.3) is 0 Å². The Kier molecular flexibility index (Phi) is 2.56. The summed E-state index contributed by atoms with van der Waals surface area (Å²) in [7, 11) is 0. The fourth-order valence-corrected chi connectivity index (χ4v) is 1.93. The molecule has 1 aliphatic heterocycles. The Balaban J connectivity index is 2.26. The van der Waals surface area contributed by atoms with Gasteiger partial charge in [0, 0.05) is 23.4 Å². The monoisotopic (exact) mass is 236 g/mol. The van der Waals surface area contributed by atoms with E-state index in [2.05, 4.69) is 25.9 Å². The molecule has 94 valence electrons. The van der Waals surface area contributed by atoms with Gasteiger partial charge >= 0.3 is 0 Å². The minimum absolute atomic E-state index is 0.0798. The van der Waals surface area contributed by atoms with Crippen molar-refractivity contribution in [2.75, 3.05) is 11.4 Å². The van der Waals surface area contributed by atoms with Crippen LogP contribution in [0.5, 0.6) is 0 Å². The zero-order chi connectivity index (χ0) is 12.8. The van der Waals surface area contributed by atoms with E-state index in [1.165, 1.54) is 0 Å². The molecule has 0 N–H and O–H groups in total. The molecule has 0 unspecified atom stereocenters. The van der Waals surface area contributed by atoms with Crippen molar-refractivity contribution in [1.29, 1.82) is 0 Å². The summed E-state index contributed by atoms with van der Waals surface area (Å²) in [5, 5.41) is 4.01. The predicted octanol–water partition coefficient (Wildman–Crippen LogP) is 2.74. The molecule has 4 heteroatoms. The molecule has 4 nitrogen and oxygen atoms in total. The van der Waals surface area contributed by atoms with Crippen LogP contribution in [0.4, 0.5) is 5.82 Å². The second kappa shape index (κ2) is 3.59. The number of rotatable bonds is 1. The van der Waals surface area contributed by atoms with Crippen LogP contribution in [0, 0.1) is 5.41 Å². The van der Waals surface area contributed by atoms with Crippen molar-refractivity contribution in [3.05, 3.63) is 11.8 Å². The van der Waals surface area contributed by atoms with Crippen LogP contribution in [0.15, 0.2) is 10.6 Å². The third kappa shape index (κ3) is 2.08. The van der Waals surface area contributed by atoms with Crippen molar-refractivity contribution in [1.82, 2.24) is 5.16 Å². The summed E-state index contributed by atoms with van der Waals surface area (Å²) in [5.74, 6) is 1.58. The second-order valence-electron chi connectivity index (χ2n) is 6.39. The molecule has 0 radical (unpaired) electrons. The molecule has 1 aromatic heterocycles. The zero-order valence-corrected chi connectivity index (χ0v) is 11.2. The Morgan fingerprint density at radius 3 is 2.47 bits per heavy atom. The van der Waals surface area contributed by atoms with E-state index in [1.54, 1.807) is 4.90 Å². The first-order chi connectivity index (χ1) is 7.72. The number of anilines is 1. The molecule has 1 aromatic rings. The smallest absolute Gasteiger partial charge is 0.233 e. The maximum absolute atomic E-state index is 12.1. The van der Waals surface area contributed by atoms with Crippen molar-refractivity contribution < 1.29 is 9.32 Å². The summed E-state index contributed by atoms with van der Waals surface area (Å²) in [4.78, 5) is 13.9. The maximum atomic E-state index is 12.1. The molecule has 1 aliphatic rings. The molecule has 1 fully saturated rings. The van der Waals surface area contributed by atoms with Crippen LogP contribution >= 0.6 is 0 Å². The standard InChI is InChI=1S/C13H20N2O2/c1-12(2,3)9-8-10(14-17-9)15-7-6-13(4,5)11(15)16/h8H,6-7H2,1-5H3. The molecule has 2 rings (SSSR count). The third-order valence-electron chi connectivity index (χ3n) is 3.30. The molecule has 0 atom stereocenters. The van der Waals surface area contributed by atoms with Gasteiger partial charge in [0.25, 0.3) is 0 Å². The van der Waals surface area contributed by atoms with Crippen molar-refractivity contribution >= 4 is 11.7 Å². The molecule has 0 aromatic carbocycles. The van der Waals surface area contributed by atoms with Crippen LogP contribution in [-0.2, 0) is 10.2 Å². The van der Waals surface area contributed by atoms with Crippen molar-refractivity contribution in [3.63, 3.8) is 0 Å². The second-order valence-corrected chi connectivity index (χ2v) is 6.39. The summed E-state index contributed by atoms with van der Waals surface area (Å²) in [6.07, 6.45) is 0.865. The van der Waals surface area contributed by atoms with Crippen LogP contribution in [0.2, 0.25) is 0 Å². The highest BCUT2D eigenvalue weighted by atomic mass is 16.5. The summed E-state index contributed by atoms with van der Waals surface area (Å²) in [5.41, 5.74) is -0.357. The first kappa shape index (κ1) is 12.1. The van der Waals surface area contributed by atoms with Crippen LogP contribution in [0.1, 0.15) is 46.8 Å². The van der Waals surface area contributed by atoms with E-state index in [0.29, 0.717) is 5.82 Å². The highest BCUT2D eigenvalue weighted by molar-refractivity contribution is 5.98. The molecular weight excluding hydrogens is 216 g/mol. The molecule has 0 aliphatic carbocycles. The predicted molar refractivity (Wildman–Crippen MR) is 66.0 cm³/mol. The topological polar surface area (TPSA) is 46.3 Å². The number of carbonyl (C=O) groups is 1. The minimum atomic E-state index is -0.277. The Morgan fingerprint density at radius 1 is 1.41 bits per heavy atom. The van der Waals surface area contributed by atoms with E-state index >= 15 is 0 Å². The van der Waals surface area contributed by atoms with E-state index < -0.39 is 0 Å². The number of hydrogen-bond acceptors (Lipinski definition) is 3. The van der Waals surface area contributed by atoms with Crippen molar-refractivity contribution in [2.45, 2.75) is 46.5 Å². The first-order valence-corrected chi connectivity index (χ1v) is 6.01. The normalized spacial score (nSPS) is 20.1. The Labute approximate surface area is 102 Å². The molecule has 1 amide bonds. The number of amides is 1. The number of aromatic nitrogens is 1. The number of nitrogens with zero attached hydrogens (tertiary/aromatic N) is 2. The van der Waals surface area contributed by atoms with E-state index in [4.69, 9.17) is 4.52 Å². The molecule has 0 spiro atoms. The number of carbonyl (C=O) groups excluding carboxylic acids is 1. The fraction of sp³-hybridized carbons (Fsp3) is 0.692. The Morgan fingerprint density at radius 2 is 2.06 bits per heavy atom. The van der Waals surface area contributed by atoms with Gasteiger partial charge in [0.1, 0.15) is 5.76 Å². The average Bonchev–Trinajstić information content (AvgIpc) is 2.73. The largest absolute Gasteiger partial charge is 0.359 e. The third-order valence-corrected chi connectivity index (χ3v) is 3.30. The van der Waals surface area contributed by atoms with Gasteiger partial charge in [0.2, 0.25) is 5.91 Å². The summed E-state index contributed by atoms with van der Waals surface area (Å²) < 4.78 is 5.31. The quantitative estimate of drug-likeness (QED) is 0.753. The van der Waals surface area contributed by atoms with Gasteiger partial charge in [-0.3, -0.25) is 9.69 Å². The van der Waals surface area contributed by atoms with E-state index in [9.17, 15) is 4.79 Å². The first-order valence-electron chi connectivity index (χ1n) is 6.01. The van der Waals surface area contributed by atoms with Crippen LogP contribution in [0.3, 0.4) is 0 Å². The maximum Gasteiger partial charge on any atom is 0.233 e. The summed E-state index contributed by atoms with van der Waals surface area (Å²) >= 11 is 0. The zero-order valence-electron chi connectivity index (χ0n) is 11.2. The van der Waals surface area contributed by atoms with E-state index in [1.807, 2.05) is 19.9 Å². The molecule has 2 heterocycles. The minimum Gasteiger partial charge on any atom is -0.359 e. The lowest BCUT2D eigenvalue weighted by Gasteiger charge is -2.16. The Bertz CT molecular complexity index is 441. The summed E-state index contributed by atoms with van der Waals surface area (Å²) in [6, 6.07) is 1.87. The van der Waals surface area contributed by atoms with Crippen molar-refractivity contribution in [3.8, 4) is 0 Å². The lowest BCUT2D eigenvalue weighted by Crippen LogP contribution is -2.31. The van der Waals surface area contributed by atoms with E-state index in [-0.39, 0.29) is 16.7 Å². The highest BCUT2D eigenvalue weighted by Crippen LogP contribution is 2.35. The van der Waals surface area contributed by atoms with Gasteiger partial charge in [0.05, 0.1) is 0 Å². The van der Waals surface area contributed by atoms with Crippen LogP contribution in [-0.4, -0.2) is 17.6 Å². The molecule has 1 saturated heterocycles. The lowest BCUT2D eigenvalue weighted by atomic mass is 9.92. The Hall–Kier alpha value is -1.32. The summed E-state index contributed by atoms with van der Waals surface area (Å²) in [6.45, 7) is 10.9. The van der Waals surface area contributed by atoms with Gasteiger partial charge in [-0.05, 0) is 6.42 Å². The number of hydrogen-bond donors (Lipinski definition) is 0. The van der Waals surface area contributed by atoms with Gasteiger partial charge in [-0.2, -0.15) is 0 Å². The molecule has 17 heavy (non-hydrogen) atoms. The average molecular weight is 236 g/mol. The van der Waals surface area contributed by atoms with Crippen LogP contribution < -0.4 is 4.90 Å². The van der Waals surface area contributed by atoms with Gasteiger partial charge in [0.15, 0.2) is 5.82 Å². The molecule has 0 saturated carbocycles. The lowest BCUT2D eigenvalue weighted by molar-refractivity contribution is -0.124. The van der Waals surface area contributed by atoms with Gasteiger partial charge in [-0.15, -0.1) is 0 Å². The van der Waals surface area contributed by atoms with E-state index in [0.717, 1.165) is 18.7 Å². The van der Waals surface area contributed by atoms with Gasteiger partial charge < -0.3 is 4.52 Å². The highest BCUT2D eigenvalue weighted by Gasteiger charge is 2.40. The molecule has 0 bridgehead atoms. The molecular formula is C13H20N2O2. The van der Waals surface area contributed by atoms with Gasteiger partial charge in [-0.1, -0.05) is 39.8 Å². The SMILES string of the molecule is CC1(C)CCN(c2cc(C(C)(C)C)on2)C1=O. The van der Waals surface area contributed by atoms with Gasteiger partial charge in [-0.25, -0.2) is 0 Å².